The second-order valence-corrected chi connectivity index (χ2v) is 6.44. The minimum atomic E-state index is 0.357. The van der Waals surface area contributed by atoms with Crippen LogP contribution in [0.2, 0.25) is 0 Å². The van der Waals surface area contributed by atoms with E-state index in [9.17, 15) is 0 Å². The summed E-state index contributed by atoms with van der Waals surface area (Å²) in [6.45, 7) is 3.10. The fourth-order valence-corrected chi connectivity index (χ4v) is 3.72. The molecule has 0 radical (unpaired) electrons. The van der Waals surface area contributed by atoms with Crippen LogP contribution in [0.5, 0.6) is 5.75 Å². The van der Waals surface area contributed by atoms with Crippen LogP contribution in [0.25, 0.3) is 0 Å². The molecule has 3 atom stereocenters. The average Bonchev–Trinajstić information content (AvgIpc) is 2.53. The number of nitrogens with one attached hydrogen (secondary N) is 1. The first-order valence-electron chi connectivity index (χ1n) is 8.00. The number of hydrogen-bond donors (Lipinski definition) is 1. The molecule has 0 bridgehead atoms. The number of rotatable bonds is 3. The number of likely N-dealkylation sites (tertiary alicyclic amines) is 1. The van der Waals surface area contributed by atoms with Crippen molar-refractivity contribution >= 4 is 0 Å². The van der Waals surface area contributed by atoms with Gasteiger partial charge in [0, 0.05) is 18.2 Å². The molecule has 1 fully saturated rings. The van der Waals surface area contributed by atoms with E-state index in [2.05, 4.69) is 60.5 Å². The van der Waals surface area contributed by atoms with Gasteiger partial charge in [0.25, 0.3) is 0 Å². The van der Waals surface area contributed by atoms with E-state index in [0.717, 1.165) is 18.9 Å². The summed E-state index contributed by atoms with van der Waals surface area (Å²) in [5.41, 5.74) is 1.29. The largest absolute Gasteiger partial charge is 0.492 e. The van der Waals surface area contributed by atoms with Crippen LogP contribution in [-0.4, -0.2) is 62.7 Å². The van der Waals surface area contributed by atoms with Crippen molar-refractivity contribution in [2.45, 2.75) is 31.0 Å². The lowest BCUT2D eigenvalue weighted by Crippen LogP contribution is -2.55. The van der Waals surface area contributed by atoms with Gasteiger partial charge in [-0.05, 0) is 46.6 Å². The lowest BCUT2D eigenvalue weighted by molar-refractivity contribution is 0.0426. The number of nitrogens with zero attached hydrogens (tertiary/aromatic N) is 2. The van der Waals surface area contributed by atoms with E-state index >= 15 is 0 Å². The quantitative estimate of drug-likeness (QED) is 0.917. The molecule has 1 N–H and O–H groups in total. The van der Waals surface area contributed by atoms with Gasteiger partial charge < -0.3 is 15.0 Å². The zero-order valence-electron chi connectivity index (χ0n) is 13.4. The zero-order chi connectivity index (χ0) is 14.8. The summed E-state index contributed by atoms with van der Waals surface area (Å²) >= 11 is 0. The highest BCUT2D eigenvalue weighted by molar-refractivity contribution is 5.38. The van der Waals surface area contributed by atoms with Crippen molar-refractivity contribution in [1.29, 1.82) is 0 Å². The third-order valence-corrected chi connectivity index (χ3v) is 4.99. The molecule has 0 aromatic heterocycles. The van der Waals surface area contributed by atoms with Gasteiger partial charge >= 0.3 is 0 Å². The van der Waals surface area contributed by atoms with Crippen molar-refractivity contribution in [1.82, 2.24) is 15.1 Å². The molecular weight excluding hydrogens is 262 g/mol. The van der Waals surface area contributed by atoms with Gasteiger partial charge in [-0.3, -0.25) is 4.90 Å². The molecule has 0 amide bonds. The summed E-state index contributed by atoms with van der Waals surface area (Å²) in [5.74, 6) is 1.04. The van der Waals surface area contributed by atoms with Crippen LogP contribution in [0.15, 0.2) is 24.3 Å². The molecule has 0 saturated carbocycles. The minimum Gasteiger partial charge on any atom is -0.492 e. The molecule has 0 spiro atoms. The van der Waals surface area contributed by atoms with Crippen LogP contribution in [-0.2, 0) is 0 Å². The van der Waals surface area contributed by atoms with Crippen LogP contribution >= 0.6 is 0 Å². The first-order valence-corrected chi connectivity index (χ1v) is 8.00. The molecule has 3 unspecified atom stereocenters. The predicted octanol–water partition coefficient (Wildman–Crippen LogP) is 1.73. The number of piperidine rings is 1. The van der Waals surface area contributed by atoms with Crippen molar-refractivity contribution < 1.29 is 4.74 Å². The topological polar surface area (TPSA) is 27.7 Å². The zero-order valence-corrected chi connectivity index (χ0v) is 13.4. The fraction of sp³-hybridized carbons (Fsp3) is 0.647. The number of ether oxygens (including phenoxy) is 1. The molecule has 1 saturated heterocycles. The van der Waals surface area contributed by atoms with Gasteiger partial charge in [-0.2, -0.15) is 0 Å². The maximum absolute atomic E-state index is 6.02. The first-order chi connectivity index (χ1) is 10.2. The molecule has 1 aromatic carbocycles. The van der Waals surface area contributed by atoms with Crippen LogP contribution in [0.3, 0.4) is 0 Å². The molecule has 21 heavy (non-hydrogen) atoms. The van der Waals surface area contributed by atoms with E-state index in [4.69, 9.17) is 4.74 Å². The minimum absolute atomic E-state index is 0.357. The predicted molar refractivity (Wildman–Crippen MR) is 85.8 cm³/mol. The Morgan fingerprint density at radius 1 is 1.29 bits per heavy atom. The Morgan fingerprint density at radius 3 is 2.86 bits per heavy atom. The number of para-hydroxylation sites is 1. The Hall–Kier alpha value is -1.10. The Bertz CT molecular complexity index is 477. The van der Waals surface area contributed by atoms with E-state index in [1.165, 1.54) is 24.9 Å². The highest BCUT2D eigenvalue weighted by atomic mass is 16.5. The second-order valence-electron chi connectivity index (χ2n) is 6.44. The van der Waals surface area contributed by atoms with Gasteiger partial charge in [-0.15, -0.1) is 0 Å². The summed E-state index contributed by atoms with van der Waals surface area (Å²) in [5, 5.41) is 3.52. The summed E-state index contributed by atoms with van der Waals surface area (Å²) < 4.78 is 6.02. The Morgan fingerprint density at radius 2 is 2.10 bits per heavy atom. The SMILES string of the molecule is CNC1c2ccccc2OCC1N1CCCC(N(C)C)C1. The monoisotopic (exact) mass is 289 g/mol. The van der Waals surface area contributed by atoms with Crippen LogP contribution in [0, 0.1) is 0 Å². The van der Waals surface area contributed by atoms with Gasteiger partial charge in [0.15, 0.2) is 0 Å². The highest BCUT2D eigenvalue weighted by Crippen LogP contribution is 2.35. The molecule has 0 aliphatic carbocycles. The number of hydrogen-bond acceptors (Lipinski definition) is 4. The highest BCUT2D eigenvalue weighted by Gasteiger charge is 2.36. The molecule has 3 rings (SSSR count). The molecule has 4 heteroatoms. The number of likely N-dealkylation sites (N-methyl/N-ethyl adjacent to an activating group) is 2. The second kappa shape index (κ2) is 6.34. The maximum Gasteiger partial charge on any atom is 0.124 e. The molecule has 2 aliphatic rings. The number of benzene rings is 1. The van der Waals surface area contributed by atoms with Crippen molar-refractivity contribution in [2.75, 3.05) is 40.8 Å². The van der Waals surface area contributed by atoms with Gasteiger partial charge in [-0.1, -0.05) is 18.2 Å². The summed E-state index contributed by atoms with van der Waals surface area (Å²) in [7, 11) is 6.44. The van der Waals surface area contributed by atoms with Crippen molar-refractivity contribution in [3.8, 4) is 5.75 Å². The molecule has 2 aliphatic heterocycles. The van der Waals surface area contributed by atoms with Crippen molar-refractivity contribution in [3.05, 3.63) is 29.8 Å². The van der Waals surface area contributed by atoms with E-state index in [-0.39, 0.29) is 0 Å². The Balaban J connectivity index is 1.79. The molecule has 2 heterocycles. The molecule has 4 nitrogen and oxygen atoms in total. The maximum atomic E-state index is 6.02. The van der Waals surface area contributed by atoms with E-state index < -0.39 is 0 Å². The lowest BCUT2D eigenvalue weighted by atomic mass is 9.93. The molecule has 1 aromatic rings. The van der Waals surface area contributed by atoms with Crippen LogP contribution in [0.4, 0.5) is 0 Å². The molecular formula is C17H27N3O. The normalized spacial score (nSPS) is 30.0. The smallest absolute Gasteiger partial charge is 0.124 e. The first kappa shape index (κ1) is 14.8. The van der Waals surface area contributed by atoms with E-state index in [0.29, 0.717) is 18.1 Å². The average molecular weight is 289 g/mol. The van der Waals surface area contributed by atoms with E-state index in [1.54, 1.807) is 0 Å². The van der Waals surface area contributed by atoms with Gasteiger partial charge in [-0.25, -0.2) is 0 Å². The third kappa shape index (κ3) is 2.93. The standard InChI is InChI=1S/C17H27N3O/c1-18-17-14-8-4-5-9-16(14)21-12-15(17)20-10-6-7-13(11-20)19(2)3/h4-5,8-9,13,15,17-18H,6-7,10-12H2,1-3H3. The van der Waals surface area contributed by atoms with E-state index in [1.807, 2.05) is 0 Å². The summed E-state index contributed by atoms with van der Waals surface area (Å²) in [4.78, 5) is 4.98. The Labute approximate surface area is 128 Å². The van der Waals surface area contributed by atoms with Crippen molar-refractivity contribution in [3.63, 3.8) is 0 Å². The van der Waals surface area contributed by atoms with Gasteiger partial charge in [0.2, 0.25) is 0 Å². The van der Waals surface area contributed by atoms with Crippen LogP contribution < -0.4 is 10.1 Å². The molecule has 116 valence electrons. The van der Waals surface area contributed by atoms with Gasteiger partial charge in [0.1, 0.15) is 12.4 Å². The Kier molecular flexibility index (Phi) is 4.48. The number of fused-ring (bicyclic) bond motifs is 1. The fourth-order valence-electron chi connectivity index (χ4n) is 3.72. The van der Waals surface area contributed by atoms with Gasteiger partial charge in [0.05, 0.1) is 12.1 Å². The van der Waals surface area contributed by atoms with Crippen LogP contribution in [0.1, 0.15) is 24.4 Å². The van der Waals surface area contributed by atoms with Crippen molar-refractivity contribution in [2.24, 2.45) is 0 Å². The lowest BCUT2D eigenvalue weighted by Gasteiger charge is -2.45. The summed E-state index contributed by atoms with van der Waals surface area (Å²) in [6, 6.07) is 9.87. The third-order valence-electron chi connectivity index (χ3n) is 4.99. The summed E-state index contributed by atoms with van der Waals surface area (Å²) in [6.07, 6.45) is 2.58.